The molecule has 0 unspecified atom stereocenters. The molecule has 1 rings (SSSR count). The van der Waals surface area contributed by atoms with Gasteiger partial charge in [0, 0.05) is 12.1 Å². The number of carbonyl (C=O) groups is 1. The Morgan fingerprint density at radius 1 is 1.53 bits per heavy atom. The smallest absolute Gasteiger partial charge is 1.00 e. The van der Waals surface area contributed by atoms with Crippen molar-refractivity contribution < 1.29 is 58.4 Å². The van der Waals surface area contributed by atoms with Gasteiger partial charge in [0.25, 0.3) is 15.8 Å². The van der Waals surface area contributed by atoms with Crippen LogP contribution in [0.2, 0.25) is 0 Å². The zero-order valence-electron chi connectivity index (χ0n) is 11.2. The van der Waals surface area contributed by atoms with Gasteiger partial charge in [0.05, 0.1) is 17.6 Å². The maximum atomic E-state index is 11.4. The summed E-state index contributed by atoms with van der Waals surface area (Å²) in [6, 6.07) is 3.01. The van der Waals surface area contributed by atoms with Crippen LogP contribution < -0.4 is 29.6 Å². The number of carbonyl (C=O) groups excluding carboxylic acids is 1. The fraction of sp³-hybridized carbons (Fsp3) is 0.222. The summed E-state index contributed by atoms with van der Waals surface area (Å²) in [6.45, 7) is 0. The molecule has 0 amide bonds. The molecule has 0 fully saturated rings. The number of esters is 1. The molecule has 0 radical (unpaired) electrons. The maximum Gasteiger partial charge on any atom is 1.00 e. The molecule has 0 saturated carbocycles. The van der Waals surface area contributed by atoms with Crippen molar-refractivity contribution in [2.45, 2.75) is 5.75 Å². The summed E-state index contributed by atoms with van der Waals surface area (Å²) in [5, 5.41) is 10.5. The Morgan fingerprint density at radius 2 is 2.11 bits per heavy atom. The van der Waals surface area contributed by atoms with Crippen molar-refractivity contribution >= 4 is 21.8 Å². The number of ether oxygens (including phenoxy) is 1. The van der Waals surface area contributed by atoms with E-state index in [1.54, 1.807) is 0 Å². The number of non-ortho nitro benzene ring substituents is 1. The van der Waals surface area contributed by atoms with Crippen LogP contribution in [0.4, 0.5) is 5.69 Å². The van der Waals surface area contributed by atoms with Gasteiger partial charge >= 0.3 is 35.5 Å². The van der Waals surface area contributed by atoms with Crippen LogP contribution >= 0.6 is 0 Å². The molecule has 0 heterocycles. The monoisotopic (exact) mass is 299 g/mol. The van der Waals surface area contributed by atoms with Crippen LogP contribution in [0.3, 0.4) is 0 Å². The van der Waals surface area contributed by atoms with Crippen LogP contribution in [0, 0.1) is 10.1 Å². The summed E-state index contributed by atoms with van der Waals surface area (Å²) in [5.74, 6) is -1.74. The average molecular weight is 299 g/mol. The topological polar surface area (TPSA) is 124 Å². The summed E-state index contributed by atoms with van der Waals surface area (Å²) in [6.07, 6.45) is 0. The van der Waals surface area contributed by atoms with E-state index in [4.69, 9.17) is 4.55 Å². The minimum atomic E-state index is -4.35. The van der Waals surface area contributed by atoms with Crippen molar-refractivity contribution in [1.29, 1.82) is 0 Å². The van der Waals surface area contributed by atoms with E-state index in [-0.39, 0.29) is 47.8 Å². The standard InChI is InChI=1S/C9H9NO7S.Na.H/c1-17-9(11)8-4-7(10(12)13)3-2-6(8)5-18(14,15)16;;/h2-4H,5H2,1H3,(H,14,15,16);;/q;+1;-1. The van der Waals surface area contributed by atoms with Gasteiger partial charge in [0.1, 0.15) is 5.75 Å². The molecule has 0 aromatic heterocycles. The number of benzene rings is 1. The zero-order chi connectivity index (χ0) is 13.9. The summed E-state index contributed by atoms with van der Waals surface area (Å²) in [4.78, 5) is 21.2. The fourth-order valence-corrected chi connectivity index (χ4v) is 1.95. The van der Waals surface area contributed by atoms with Crippen LogP contribution in [0.1, 0.15) is 17.3 Å². The Balaban J connectivity index is 0. The maximum absolute atomic E-state index is 11.4. The van der Waals surface area contributed by atoms with Crippen molar-refractivity contribution in [2.24, 2.45) is 0 Å². The molecule has 0 saturated heterocycles. The Labute approximate surface area is 132 Å². The molecule has 0 bridgehead atoms. The van der Waals surface area contributed by atoms with Gasteiger partial charge in [-0.05, 0) is 5.56 Å². The van der Waals surface area contributed by atoms with E-state index in [1.165, 1.54) is 0 Å². The zero-order valence-corrected chi connectivity index (χ0v) is 13.0. The van der Waals surface area contributed by atoms with E-state index in [0.717, 1.165) is 25.3 Å². The largest absolute Gasteiger partial charge is 1.00 e. The van der Waals surface area contributed by atoms with E-state index in [0.29, 0.717) is 0 Å². The van der Waals surface area contributed by atoms with Gasteiger partial charge < -0.3 is 6.16 Å². The van der Waals surface area contributed by atoms with Gasteiger partial charge in [-0.25, -0.2) is 4.79 Å². The second kappa shape index (κ2) is 6.96. The molecule has 0 aliphatic rings. The van der Waals surface area contributed by atoms with Crippen molar-refractivity contribution in [3.8, 4) is 0 Å². The summed E-state index contributed by atoms with van der Waals surface area (Å²) in [5.41, 5.74) is -0.728. The van der Waals surface area contributed by atoms with Crippen LogP contribution in [0.5, 0.6) is 0 Å². The Hall–Kier alpha value is -1.000. The Kier molecular flexibility index (Phi) is 6.60. The molecule has 10 heteroatoms. The number of hydrogen-bond acceptors (Lipinski definition) is 6. The first-order chi connectivity index (χ1) is 8.24. The Morgan fingerprint density at radius 3 is 2.53 bits per heavy atom. The predicted octanol–water partition coefficient (Wildman–Crippen LogP) is -2.11. The number of methoxy groups -OCH3 is 1. The van der Waals surface area contributed by atoms with Gasteiger partial charge in [0.2, 0.25) is 0 Å². The van der Waals surface area contributed by atoms with Crippen molar-refractivity contribution in [3.63, 3.8) is 0 Å². The molecular weight excluding hydrogens is 289 g/mol. The third kappa shape index (κ3) is 5.25. The molecule has 0 aliphatic heterocycles. The molecule has 19 heavy (non-hydrogen) atoms. The van der Waals surface area contributed by atoms with E-state index in [9.17, 15) is 23.3 Å². The fourth-order valence-electron chi connectivity index (χ4n) is 1.30. The van der Waals surface area contributed by atoms with Gasteiger partial charge in [-0.3, -0.25) is 14.7 Å². The summed E-state index contributed by atoms with van der Waals surface area (Å²) >= 11 is 0. The molecule has 1 aromatic carbocycles. The van der Waals surface area contributed by atoms with E-state index < -0.39 is 26.8 Å². The molecular formula is C9H10NNaO7S. The number of nitro benzene ring substituents is 1. The van der Waals surface area contributed by atoms with E-state index in [1.807, 2.05) is 0 Å². The van der Waals surface area contributed by atoms with Crippen molar-refractivity contribution in [2.75, 3.05) is 7.11 Å². The van der Waals surface area contributed by atoms with Gasteiger partial charge in [-0.15, -0.1) is 0 Å². The predicted molar refractivity (Wildman–Crippen MR) is 60.8 cm³/mol. The molecule has 0 spiro atoms. The van der Waals surface area contributed by atoms with Crippen LogP contribution in [0.15, 0.2) is 18.2 Å². The summed E-state index contributed by atoms with van der Waals surface area (Å²) in [7, 11) is -3.30. The normalized spacial score (nSPS) is 10.4. The first-order valence-corrected chi connectivity index (χ1v) is 6.16. The third-order valence-electron chi connectivity index (χ3n) is 2.05. The van der Waals surface area contributed by atoms with Crippen LogP contribution in [0.25, 0.3) is 0 Å². The van der Waals surface area contributed by atoms with Crippen LogP contribution in [-0.4, -0.2) is 31.0 Å². The Bertz CT molecular complexity index is 604. The molecule has 100 valence electrons. The molecule has 1 aromatic rings. The quantitative estimate of drug-likeness (QED) is 0.222. The van der Waals surface area contributed by atoms with Crippen LogP contribution in [-0.2, 0) is 20.6 Å². The number of nitro groups is 1. The third-order valence-corrected chi connectivity index (χ3v) is 2.72. The van der Waals surface area contributed by atoms with Crippen molar-refractivity contribution in [1.82, 2.24) is 0 Å². The molecule has 8 nitrogen and oxygen atoms in total. The number of hydrogen-bond donors (Lipinski definition) is 1. The van der Waals surface area contributed by atoms with Crippen molar-refractivity contribution in [3.05, 3.63) is 39.4 Å². The van der Waals surface area contributed by atoms with Gasteiger partial charge in [-0.1, -0.05) is 6.07 Å². The number of rotatable bonds is 4. The minimum Gasteiger partial charge on any atom is -1.00 e. The molecule has 0 atom stereocenters. The first-order valence-electron chi connectivity index (χ1n) is 4.55. The van der Waals surface area contributed by atoms with Gasteiger partial charge in [0.15, 0.2) is 0 Å². The average Bonchev–Trinajstić information content (AvgIpc) is 2.26. The van der Waals surface area contributed by atoms with E-state index >= 15 is 0 Å². The first kappa shape index (κ1) is 18.0. The second-order valence-electron chi connectivity index (χ2n) is 3.32. The molecule has 1 N–H and O–H groups in total. The minimum absolute atomic E-state index is 0. The summed E-state index contributed by atoms with van der Waals surface area (Å²) < 4.78 is 34.6. The number of nitrogens with zero attached hydrogens (tertiary/aromatic N) is 1. The van der Waals surface area contributed by atoms with Gasteiger partial charge in [-0.2, -0.15) is 8.42 Å². The molecule has 0 aliphatic carbocycles. The second-order valence-corrected chi connectivity index (χ2v) is 4.77. The van der Waals surface area contributed by atoms with E-state index in [2.05, 4.69) is 4.74 Å². The SMILES string of the molecule is COC(=O)c1cc([N+](=O)[O-])ccc1CS(=O)(=O)O.[H-].[Na+].